The van der Waals surface area contributed by atoms with Gasteiger partial charge in [0.25, 0.3) is 0 Å². The first-order valence-electron chi connectivity index (χ1n) is 11.9. The van der Waals surface area contributed by atoms with Gasteiger partial charge >= 0.3 is 0 Å². The van der Waals surface area contributed by atoms with Gasteiger partial charge in [0, 0.05) is 43.3 Å². The predicted octanol–water partition coefficient (Wildman–Crippen LogP) is 4.30. The zero-order valence-electron chi connectivity index (χ0n) is 19.6. The van der Waals surface area contributed by atoms with Crippen LogP contribution in [0.3, 0.4) is 0 Å². The number of methoxy groups -OCH3 is 1. The normalized spacial score (nSPS) is 14.4. The van der Waals surface area contributed by atoms with Crippen molar-refractivity contribution in [2.75, 3.05) is 44.7 Å². The van der Waals surface area contributed by atoms with Crippen LogP contribution in [0.4, 0.5) is 5.82 Å². The van der Waals surface area contributed by atoms with Gasteiger partial charge in [-0.3, -0.25) is 4.90 Å². The number of aromatic nitrogens is 3. The second-order valence-electron chi connectivity index (χ2n) is 8.64. The molecule has 0 spiro atoms. The molecule has 0 radical (unpaired) electrons. The van der Waals surface area contributed by atoms with Gasteiger partial charge in [0.05, 0.1) is 13.3 Å². The third-order valence-corrected chi connectivity index (χ3v) is 6.46. The maximum absolute atomic E-state index is 6.04. The Hall–Kier alpha value is -3.58. The van der Waals surface area contributed by atoms with Gasteiger partial charge < -0.3 is 19.4 Å². The van der Waals surface area contributed by atoms with Crippen LogP contribution in [0.2, 0.25) is 0 Å². The highest BCUT2D eigenvalue weighted by atomic mass is 16.5. The highest BCUT2D eigenvalue weighted by Gasteiger charge is 2.20. The zero-order chi connectivity index (χ0) is 23.2. The molecule has 176 valence electrons. The first-order valence-corrected chi connectivity index (χ1v) is 11.9. The summed E-state index contributed by atoms with van der Waals surface area (Å²) in [5.74, 6) is 2.54. The second kappa shape index (κ2) is 10.6. The van der Waals surface area contributed by atoms with Crippen molar-refractivity contribution in [2.24, 2.45) is 0 Å². The highest BCUT2D eigenvalue weighted by Crippen LogP contribution is 2.26. The third kappa shape index (κ3) is 5.15. The molecular weight excluding hydrogens is 426 g/mol. The average Bonchev–Trinajstić information content (AvgIpc) is 3.30. The molecule has 7 heteroatoms. The first kappa shape index (κ1) is 22.2. The molecule has 7 nitrogen and oxygen atoms in total. The fourth-order valence-corrected chi connectivity index (χ4v) is 4.56. The number of ether oxygens (including phenoxy) is 2. The molecule has 1 saturated heterocycles. The molecule has 1 N–H and O–H groups in total. The molecule has 0 unspecified atom stereocenters. The summed E-state index contributed by atoms with van der Waals surface area (Å²) in [6.07, 6.45) is 7.63. The Morgan fingerprint density at radius 2 is 1.88 bits per heavy atom. The fraction of sp³-hybridized carbons (Fsp3) is 0.333. The van der Waals surface area contributed by atoms with Crippen molar-refractivity contribution in [2.45, 2.75) is 19.4 Å². The number of benzene rings is 2. The van der Waals surface area contributed by atoms with Crippen LogP contribution in [0.15, 0.2) is 67.3 Å². The summed E-state index contributed by atoms with van der Waals surface area (Å²) in [5.41, 5.74) is 3.69. The van der Waals surface area contributed by atoms with Crippen LogP contribution in [0.1, 0.15) is 17.5 Å². The van der Waals surface area contributed by atoms with Crippen LogP contribution in [0.25, 0.3) is 10.9 Å². The van der Waals surface area contributed by atoms with E-state index < -0.39 is 0 Å². The van der Waals surface area contributed by atoms with Gasteiger partial charge in [0.15, 0.2) is 11.6 Å². The van der Waals surface area contributed by atoms with Gasteiger partial charge in [0.1, 0.15) is 18.7 Å². The Kier molecular flexibility index (Phi) is 6.91. The van der Waals surface area contributed by atoms with E-state index in [1.165, 1.54) is 16.5 Å². The number of rotatable bonds is 9. The lowest BCUT2D eigenvalue weighted by Gasteiger charge is -2.35. The molecule has 3 heterocycles. The van der Waals surface area contributed by atoms with Crippen molar-refractivity contribution < 1.29 is 9.47 Å². The van der Waals surface area contributed by atoms with Crippen molar-refractivity contribution in [3.05, 3.63) is 78.4 Å². The summed E-state index contributed by atoms with van der Waals surface area (Å²) in [6.45, 7) is 5.62. The number of aryl methyl sites for hydroxylation is 1. The summed E-state index contributed by atoms with van der Waals surface area (Å²) in [7, 11) is 1.67. The lowest BCUT2D eigenvalue weighted by atomic mass is 10.1. The van der Waals surface area contributed by atoms with Crippen molar-refractivity contribution >= 4 is 16.7 Å². The molecule has 2 aromatic heterocycles. The van der Waals surface area contributed by atoms with Crippen molar-refractivity contribution in [1.29, 1.82) is 0 Å². The van der Waals surface area contributed by atoms with Gasteiger partial charge in [-0.25, -0.2) is 9.97 Å². The predicted molar refractivity (Wildman–Crippen MR) is 135 cm³/mol. The van der Waals surface area contributed by atoms with Crippen LogP contribution < -0.4 is 14.4 Å². The van der Waals surface area contributed by atoms with E-state index in [9.17, 15) is 0 Å². The molecule has 0 bridgehead atoms. The van der Waals surface area contributed by atoms with E-state index in [1.807, 2.05) is 24.3 Å². The average molecular weight is 458 g/mol. The molecule has 34 heavy (non-hydrogen) atoms. The molecule has 1 aliphatic rings. The zero-order valence-corrected chi connectivity index (χ0v) is 19.6. The molecule has 1 aliphatic heterocycles. The van der Waals surface area contributed by atoms with Crippen LogP contribution in [0.5, 0.6) is 11.5 Å². The molecule has 5 rings (SSSR count). The number of nitrogens with one attached hydrogen (secondary N) is 1. The lowest BCUT2D eigenvalue weighted by Crippen LogP contribution is -2.47. The number of hydrogen-bond donors (Lipinski definition) is 1. The minimum Gasteiger partial charge on any atom is -0.491 e. The Morgan fingerprint density at radius 3 is 2.71 bits per heavy atom. The van der Waals surface area contributed by atoms with Gasteiger partial charge in [0.2, 0.25) is 0 Å². The van der Waals surface area contributed by atoms with E-state index in [4.69, 9.17) is 9.47 Å². The number of piperazine rings is 1. The Balaban J connectivity index is 1.13. The van der Waals surface area contributed by atoms with E-state index in [2.05, 4.69) is 55.2 Å². The molecular formula is C27H31N5O2. The topological polar surface area (TPSA) is 66.5 Å². The van der Waals surface area contributed by atoms with E-state index >= 15 is 0 Å². The highest BCUT2D eigenvalue weighted by molar-refractivity contribution is 5.84. The summed E-state index contributed by atoms with van der Waals surface area (Å²) < 4.78 is 11.5. The largest absolute Gasteiger partial charge is 0.491 e. The van der Waals surface area contributed by atoms with Crippen molar-refractivity contribution in [3.8, 4) is 11.5 Å². The molecule has 0 aliphatic carbocycles. The Morgan fingerprint density at radius 1 is 1.03 bits per heavy atom. The number of aromatic amines is 1. The molecule has 0 saturated carbocycles. The minimum absolute atomic E-state index is 0.582. The van der Waals surface area contributed by atoms with Gasteiger partial charge in [-0.2, -0.15) is 0 Å². The van der Waals surface area contributed by atoms with E-state index in [0.717, 1.165) is 68.4 Å². The van der Waals surface area contributed by atoms with Crippen LogP contribution in [0, 0.1) is 0 Å². The minimum atomic E-state index is 0.582. The quantitative estimate of drug-likeness (QED) is 0.404. The maximum Gasteiger partial charge on any atom is 0.179 e. The van der Waals surface area contributed by atoms with Gasteiger partial charge in [-0.05, 0) is 48.7 Å². The SMILES string of the molecule is COc1cncnc1N1CCN(CCCc2c[nH]c3ccc(OCc4ccccc4)cc23)CC1. The Bertz CT molecular complexity index is 1200. The summed E-state index contributed by atoms with van der Waals surface area (Å²) in [6, 6.07) is 16.6. The first-order chi connectivity index (χ1) is 16.8. The number of H-pyrrole nitrogens is 1. The summed E-state index contributed by atoms with van der Waals surface area (Å²) in [4.78, 5) is 16.7. The van der Waals surface area contributed by atoms with Gasteiger partial charge in [-0.15, -0.1) is 0 Å². The molecule has 1 fully saturated rings. The number of anilines is 1. The molecule has 4 aromatic rings. The monoisotopic (exact) mass is 457 g/mol. The standard InChI is InChI=1S/C27H31N5O2/c1-33-26-18-28-20-30-27(26)32-14-12-31(13-15-32)11-5-8-22-17-29-25-10-9-23(16-24(22)25)34-19-21-6-3-2-4-7-21/h2-4,6-7,9-10,16-18,20,29H,5,8,11-15,19H2,1H3. The lowest BCUT2D eigenvalue weighted by molar-refractivity contribution is 0.253. The second-order valence-corrected chi connectivity index (χ2v) is 8.64. The van der Waals surface area contributed by atoms with Crippen molar-refractivity contribution in [3.63, 3.8) is 0 Å². The number of nitrogens with zero attached hydrogens (tertiary/aromatic N) is 4. The van der Waals surface area contributed by atoms with E-state index in [-0.39, 0.29) is 0 Å². The van der Waals surface area contributed by atoms with E-state index in [0.29, 0.717) is 6.61 Å². The summed E-state index contributed by atoms with van der Waals surface area (Å²) in [5, 5.41) is 1.26. The van der Waals surface area contributed by atoms with Crippen LogP contribution >= 0.6 is 0 Å². The molecule has 0 amide bonds. The molecule has 2 aromatic carbocycles. The van der Waals surface area contributed by atoms with Crippen LogP contribution in [-0.2, 0) is 13.0 Å². The van der Waals surface area contributed by atoms with Crippen LogP contribution in [-0.4, -0.2) is 59.7 Å². The maximum atomic E-state index is 6.04. The Labute approximate surface area is 200 Å². The smallest absolute Gasteiger partial charge is 0.179 e. The number of fused-ring (bicyclic) bond motifs is 1. The van der Waals surface area contributed by atoms with Crippen molar-refractivity contribution in [1.82, 2.24) is 19.9 Å². The third-order valence-electron chi connectivity index (χ3n) is 6.46. The summed E-state index contributed by atoms with van der Waals surface area (Å²) >= 11 is 0. The van der Waals surface area contributed by atoms with E-state index in [1.54, 1.807) is 19.6 Å². The molecule has 0 atom stereocenters. The fourth-order valence-electron chi connectivity index (χ4n) is 4.56. The number of hydrogen-bond acceptors (Lipinski definition) is 6. The van der Waals surface area contributed by atoms with Gasteiger partial charge in [-0.1, -0.05) is 30.3 Å².